The zero-order valence-electron chi connectivity index (χ0n) is 16.1. The maximum Gasteiger partial charge on any atom is 0.401 e. The predicted molar refractivity (Wildman–Crippen MR) is 99.8 cm³/mol. The Hall–Kier alpha value is -1.74. The molecular weight excluding hydrogens is 359 g/mol. The van der Waals surface area contributed by atoms with Crippen LogP contribution in [0.25, 0.3) is 0 Å². The molecule has 154 valence electrons. The number of aliphatic imine (C=N–C) groups is 1. The van der Waals surface area contributed by atoms with Crippen LogP contribution in [0.2, 0.25) is 0 Å². The van der Waals surface area contributed by atoms with Gasteiger partial charge in [0.05, 0.1) is 25.4 Å². The van der Waals surface area contributed by atoms with Gasteiger partial charge < -0.3 is 15.1 Å². The minimum atomic E-state index is -4.18. The van der Waals surface area contributed by atoms with E-state index in [4.69, 9.17) is 4.42 Å². The monoisotopic (exact) mass is 389 g/mol. The first-order valence-corrected chi connectivity index (χ1v) is 9.44. The van der Waals surface area contributed by atoms with Crippen molar-refractivity contribution in [1.82, 2.24) is 20.4 Å². The number of guanidine groups is 1. The highest BCUT2D eigenvalue weighted by Gasteiger charge is 2.29. The van der Waals surface area contributed by atoms with Crippen molar-refractivity contribution in [2.75, 3.05) is 52.9 Å². The molecule has 0 aromatic carbocycles. The van der Waals surface area contributed by atoms with Crippen LogP contribution in [-0.4, -0.2) is 74.8 Å². The Bertz CT molecular complexity index is 556. The fraction of sp³-hybridized carbons (Fsp3) is 0.722. The van der Waals surface area contributed by atoms with Gasteiger partial charge in [-0.05, 0) is 52.0 Å². The Morgan fingerprint density at radius 3 is 2.67 bits per heavy atom. The van der Waals surface area contributed by atoms with E-state index in [0.29, 0.717) is 25.6 Å². The van der Waals surface area contributed by atoms with E-state index < -0.39 is 12.7 Å². The summed E-state index contributed by atoms with van der Waals surface area (Å²) in [6.07, 6.45) is -0.170. The maximum absolute atomic E-state index is 12.4. The van der Waals surface area contributed by atoms with Gasteiger partial charge in [0, 0.05) is 19.6 Å². The normalized spacial score (nSPS) is 17.5. The van der Waals surface area contributed by atoms with Crippen LogP contribution >= 0.6 is 0 Å². The van der Waals surface area contributed by atoms with E-state index in [9.17, 15) is 13.2 Å². The summed E-state index contributed by atoms with van der Waals surface area (Å²) < 4.78 is 42.8. The molecule has 6 nitrogen and oxygen atoms in total. The van der Waals surface area contributed by atoms with Crippen LogP contribution in [0.1, 0.15) is 31.6 Å². The van der Waals surface area contributed by atoms with E-state index in [0.717, 1.165) is 18.8 Å². The van der Waals surface area contributed by atoms with Crippen molar-refractivity contribution in [2.24, 2.45) is 4.99 Å². The van der Waals surface area contributed by atoms with Gasteiger partial charge in [-0.15, -0.1) is 0 Å². The maximum atomic E-state index is 12.4. The molecule has 0 radical (unpaired) electrons. The molecule has 1 unspecified atom stereocenters. The molecule has 0 spiro atoms. The number of halogens is 3. The van der Waals surface area contributed by atoms with Gasteiger partial charge in [0.2, 0.25) is 0 Å². The lowest BCUT2D eigenvalue weighted by atomic mass is 10.2. The first kappa shape index (κ1) is 21.6. The molecule has 1 saturated heterocycles. The Kier molecular flexibility index (Phi) is 8.43. The summed E-state index contributed by atoms with van der Waals surface area (Å²) >= 11 is 0. The van der Waals surface area contributed by atoms with Crippen molar-refractivity contribution in [3.63, 3.8) is 0 Å². The number of likely N-dealkylation sites (N-methyl/N-ethyl adjacent to an activating group) is 1. The summed E-state index contributed by atoms with van der Waals surface area (Å²) in [6, 6.07) is 3.92. The zero-order valence-corrected chi connectivity index (χ0v) is 16.1. The van der Waals surface area contributed by atoms with Crippen molar-refractivity contribution in [3.8, 4) is 0 Å². The van der Waals surface area contributed by atoms with Gasteiger partial charge in [-0.1, -0.05) is 0 Å². The Morgan fingerprint density at radius 2 is 2.07 bits per heavy atom. The number of likely N-dealkylation sites (tertiary alicyclic amines) is 1. The Balaban J connectivity index is 1.90. The van der Waals surface area contributed by atoms with E-state index in [1.165, 1.54) is 24.8 Å². The molecule has 1 aliphatic heterocycles. The molecule has 1 fully saturated rings. The molecule has 2 N–H and O–H groups in total. The van der Waals surface area contributed by atoms with E-state index in [1.807, 2.05) is 19.1 Å². The van der Waals surface area contributed by atoms with Crippen LogP contribution in [0.4, 0.5) is 13.2 Å². The topological polar surface area (TPSA) is 56.0 Å². The lowest BCUT2D eigenvalue weighted by Crippen LogP contribution is -2.43. The largest absolute Gasteiger partial charge is 0.468 e. The number of nitrogens with zero attached hydrogens (tertiary/aromatic N) is 3. The van der Waals surface area contributed by atoms with E-state index >= 15 is 0 Å². The van der Waals surface area contributed by atoms with Gasteiger partial charge in [0.25, 0.3) is 0 Å². The van der Waals surface area contributed by atoms with Crippen molar-refractivity contribution >= 4 is 5.96 Å². The zero-order chi connectivity index (χ0) is 19.7. The molecule has 0 amide bonds. The van der Waals surface area contributed by atoms with Gasteiger partial charge in [0.15, 0.2) is 5.96 Å². The number of hydrogen-bond acceptors (Lipinski definition) is 4. The van der Waals surface area contributed by atoms with E-state index in [1.54, 1.807) is 6.26 Å². The summed E-state index contributed by atoms with van der Waals surface area (Å²) in [5, 5.41) is 6.25. The summed E-state index contributed by atoms with van der Waals surface area (Å²) in [5.41, 5.74) is 0. The van der Waals surface area contributed by atoms with Gasteiger partial charge in [-0.3, -0.25) is 14.8 Å². The van der Waals surface area contributed by atoms with Gasteiger partial charge >= 0.3 is 6.18 Å². The van der Waals surface area contributed by atoms with Gasteiger partial charge in [-0.2, -0.15) is 13.2 Å². The Morgan fingerprint density at radius 1 is 1.33 bits per heavy atom. The molecule has 1 atom stereocenters. The smallest absolute Gasteiger partial charge is 0.401 e. The molecule has 0 aliphatic carbocycles. The van der Waals surface area contributed by atoms with Crippen molar-refractivity contribution in [1.29, 1.82) is 0 Å². The highest BCUT2D eigenvalue weighted by Crippen LogP contribution is 2.25. The average Bonchev–Trinajstić information content (AvgIpc) is 3.27. The third kappa shape index (κ3) is 7.80. The SMILES string of the molecule is CCNC(=NCC(c1ccco1)N1CCCC1)NCCN(C)CC(F)(F)F. The van der Waals surface area contributed by atoms with Crippen LogP contribution < -0.4 is 10.6 Å². The van der Waals surface area contributed by atoms with Crippen molar-refractivity contribution < 1.29 is 17.6 Å². The molecule has 9 heteroatoms. The third-order valence-corrected chi connectivity index (χ3v) is 4.45. The van der Waals surface area contributed by atoms with Gasteiger partial charge in [0.1, 0.15) is 5.76 Å². The van der Waals surface area contributed by atoms with Crippen LogP contribution in [0.5, 0.6) is 0 Å². The number of rotatable bonds is 9. The van der Waals surface area contributed by atoms with E-state index in [2.05, 4.69) is 20.5 Å². The molecule has 1 aromatic rings. The highest BCUT2D eigenvalue weighted by molar-refractivity contribution is 5.79. The summed E-state index contributed by atoms with van der Waals surface area (Å²) in [7, 11) is 1.46. The van der Waals surface area contributed by atoms with Crippen molar-refractivity contribution in [3.05, 3.63) is 24.2 Å². The first-order valence-electron chi connectivity index (χ1n) is 9.44. The molecule has 0 bridgehead atoms. The molecule has 2 rings (SSSR count). The van der Waals surface area contributed by atoms with E-state index in [-0.39, 0.29) is 12.6 Å². The number of alkyl halides is 3. The standard InChI is InChI=1S/C18H30F3N5O/c1-3-22-17(23-8-11-25(2)14-18(19,20)21)24-13-15(16-7-6-12-27-16)26-9-4-5-10-26/h6-7,12,15H,3-5,8-11,13-14H2,1-2H3,(H2,22,23,24). The second kappa shape index (κ2) is 10.6. The van der Waals surface area contributed by atoms with Crippen molar-refractivity contribution in [2.45, 2.75) is 32.0 Å². The number of hydrogen-bond donors (Lipinski definition) is 2. The minimum Gasteiger partial charge on any atom is -0.468 e. The molecule has 1 aliphatic rings. The minimum absolute atomic E-state index is 0.0749. The van der Waals surface area contributed by atoms with Crippen LogP contribution in [-0.2, 0) is 0 Å². The number of furan rings is 1. The molecular formula is C18H30F3N5O. The van der Waals surface area contributed by atoms with Crippen LogP contribution in [0.3, 0.4) is 0 Å². The number of nitrogens with one attached hydrogen (secondary N) is 2. The molecule has 1 aromatic heterocycles. The third-order valence-electron chi connectivity index (χ3n) is 4.45. The van der Waals surface area contributed by atoms with Crippen LogP contribution in [0.15, 0.2) is 27.8 Å². The quantitative estimate of drug-likeness (QED) is 0.502. The fourth-order valence-electron chi connectivity index (χ4n) is 3.19. The molecule has 2 heterocycles. The molecule has 0 saturated carbocycles. The summed E-state index contributed by atoms with van der Waals surface area (Å²) in [5.74, 6) is 1.50. The summed E-state index contributed by atoms with van der Waals surface area (Å²) in [4.78, 5) is 8.24. The molecule has 27 heavy (non-hydrogen) atoms. The predicted octanol–water partition coefficient (Wildman–Crippen LogP) is 2.47. The average molecular weight is 389 g/mol. The Labute approximate surface area is 158 Å². The highest BCUT2D eigenvalue weighted by atomic mass is 19.4. The second-order valence-corrected chi connectivity index (χ2v) is 6.77. The second-order valence-electron chi connectivity index (χ2n) is 6.77. The van der Waals surface area contributed by atoms with Gasteiger partial charge in [-0.25, -0.2) is 0 Å². The lowest BCUT2D eigenvalue weighted by molar-refractivity contribution is -0.142. The first-order chi connectivity index (χ1) is 12.9. The fourth-order valence-corrected chi connectivity index (χ4v) is 3.19. The van der Waals surface area contributed by atoms with Crippen LogP contribution in [0, 0.1) is 0 Å². The lowest BCUT2D eigenvalue weighted by Gasteiger charge is -2.25. The summed E-state index contributed by atoms with van der Waals surface area (Å²) in [6.45, 7) is 4.95.